The number of nitrogens with one attached hydrogen (secondary N) is 1. The highest BCUT2D eigenvalue weighted by Crippen LogP contribution is 2.04. The minimum absolute atomic E-state index is 0.191. The molecule has 0 saturated carbocycles. The van der Waals surface area contributed by atoms with Gasteiger partial charge < -0.3 is 0 Å². The standard InChI is InChI=1S/C10H17N3S2/c1-14-5-3-9(7-11)13-10(8-12)4-6-15-2/h9-10,13H,3-6H2,1-2H3. The molecule has 84 valence electrons. The fourth-order valence-corrected chi connectivity index (χ4v) is 2.03. The smallest absolute Gasteiger partial charge is 0.0970 e. The van der Waals surface area contributed by atoms with Gasteiger partial charge in [-0.05, 0) is 36.9 Å². The van der Waals surface area contributed by atoms with Crippen LogP contribution in [0.15, 0.2) is 0 Å². The Morgan fingerprint density at radius 2 is 1.40 bits per heavy atom. The van der Waals surface area contributed by atoms with E-state index >= 15 is 0 Å². The van der Waals surface area contributed by atoms with E-state index < -0.39 is 0 Å². The second-order valence-corrected chi connectivity index (χ2v) is 5.06. The zero-order valence-electron chi connectivity index (χ0n) is 9.19. The summed E-state index contributed by atoms with van der Waals surface area (Å²) in [6.07, 6.45) is 5.64. The number of thioether (sulfide) groups is 2. The van der Waals surface area contributed by atoms with Crippen molar-refractivity contribution in [2.24, 2.45) is 0 Å². The first-order valence-electron chi connectivity index (χ1n) is 4.81. The van der Waals surface area contributed by atoms with E-state index in [0.29, 0.717) is 0 Å². The van der Waals surface area contributed by atoms with Crippen molar-refractivity contribution in [1.29, 1.82) is 10.5 Å². The largest absolute Gasteiger partial charge is 0.287 e. The van der Waals surface area contributed by atoms with Crippen molar-refractivity contribution < 1.29 is 0 Å². The molecule has 0 fully saturated rings. The quantitative estimate of drug-likeness (QED) is 0.705. The first-order valence-corrected chi connectivity index (χ1v) is 7.60. The van der Waals surface area contributed by atoms with Crippen molar-refractivity contribution in [1.82, 2.24) is 5.32 Å². The van der Waals surface area contributed by atoms with Crippen LogP contribution in [-0.2, 0) is 0 Å². The van der Waals surface area contributed by atoms with E-state index in [9.17, 15) is 0 Å². The molecule has 0 radical (unpaired) electrons. The Morgan fingerprint density at radius 1 is 1.00 bits per heavy atom. The summed E-state index contributed by atoms with van der Waals surface area (Å²) in [6.45, 7) is 0. The number of hydrogen-bond acceptors (Lipinski definition) is 5. The van der Waals surface area contributed by atoms with Crippen LogP contribution in [0.3, 0.4) is 0 Å². The van der Waals surface area contributed by atoms with E-state index in [1.54, 1.807) is 23.5 Å². The third-order valence-electron chi connectivity index (χ3n) is 1.94. The molecule has 0 aliphatic heterocycles. The maximum absolute atomic E-state index is 8.89. The summed E-state index contributed by atoms with van der Waals surface area (Å²) in [5.41, 5.74) is 0. The van der Waals surface area contributed by atoms with E-state index in [-0.39, 0.29) is 12.1 Å². The van der Waals surface area contributed by atoms with Crippen molar-refractivity contribution in [2.45, 2.75) is 24.9 Å². The zero-order chi connectivity index (χ0) is 11.5. The normalized spacial score (nSPS) is 13.9. The molecule has 0 amide bonds. The summed E-state index contributed by atoms with van der Waals surface area (Å²) in [4.78, 5) is 0. The monoisotopic (exact) mass is 243 g/mol. The highest BCUT2D eigenvalue weighted by Gasteiger charge is 2.13. The van der Waals surface area contributed by atoms with Crippen LogP contribution in [0, 0.1) is 22.7 Å². The van der Waals surface area contributed by atoms with E-state index in [0.717, 1.165) is 24.3 Å². The molecule has 0 spiro atoms. The molecule has 0 aromatic heterocycles. The Labute approximate surface area is 101 Å². The molecule has 0 heterocycles. The third kappa shape index (κ3) is 7.56. The van der Waals surface area contributed by atoms with Crippen molar-refractivity contribution in [2.75, 3.05) is 24.0 Å². The van der Waals surface area contributed by atoms with Gasteiger partial charge in [0.25, 0.3) is 0 Å². The molecule has 0 saturated heterocycles. The summed E-state index contributed by atoms with van der Waals surface area (Å²) in [5.74, 6) is 1.90. The zero-order valence-corrected chi connectivity index (χ0v) is 10.8. The van der Waals surface area contributed by atoms with Gasteiger partial charge in [-0.2, -0.15) is 34.0 Å². The minimum Gasteiger partial charge on any atom is -0.287 e. The number of rotatable bonds is 8. The van der Waals surface area contributed by atoms with Crippen LogP contribution < -0.4 is 5.32 Å². The molecule has 3 nitrogen and oxygen atoms in total. The van der Waals surface area contributed by atoms with Crippen LogP contribution >= 0.6 is 23.5 Å². The van der Waals surface area contributed by atoms with Gasteiger partial charge in [0, 0.05) is 0 Å². The van der Waals surface area contributed by atoms with Crippen LogP contribution in [0.5, 0.6) is 0 Å². The summed E-state index contributed by atoms with van der Waals surface area (Å²) in [7, 11) is 0. The van der Waals surface area contributed by atoms with Gasteiger partial charge >= 0.3 is 0 Å². The number of nitriles is 2. The van der Waals surface area contributed by atoms with Gasteiger partial charge in [-0.3, -0.25) is 5.32 Å². The minimum atomic E-state index is -0.191. The molecule has 1 N–H and O–H groups in total. The van der Waals surface area contributed by atoms with Crippen molar-refractivity contribution >= 4 is 23.5 Å². The Bertz CT molecular complexity index is 208. The molecule has 0 aromatic carbocycles. The molecule has 2 unspecified atom stereocenters. The Kier molecular flexibility index (Phi) is 9.92. The van der Waals surface area contributed by atoms with Crippen LogP contribution in [0.2, 0.25) is 0 Å². The van der Waals surface area contributed by atoms with Crippen molar-refractivity contribution in [3.63, 3.8) is 0 Å². The van der Waals surface area contributed by atoms with Crippen molar-refractivity contribution in [3.05, 3.63) is 0 Å². The predicted molar refractivity (Wildman–Crippen MR) is 67.9 cm³/mol. The maximum atomic E-state index is 8.89. The van der Waals surface area contributed by atoms with Gasteiger partial charge in [0.1, 0.15) is 0 Å². The molecule has 5 heteroatoms. The molecule has 0 bridgehead atoms. The van der Waals surface area contributed by atoms with Gasteiger partial charge in [0.05, 0.1) is 24.2 Å². The van der Waals surface area contributed by atoms with Gasteiger partial charge in [-0.25, -0.2) is 0 Å². The second kappa shape index (κ2) is 10.2. The highest BCUT2D eigenvalue weighted by molar-refractivity contribution is 7.98. The van der Waals surface area contributed by atoms with Gasteiger partial charge in [-0.15, -0.1) is 0 Å². The molecule has 0 aromatic rings. The van der Waals surface area contributed by atoms with Crippen LogP contribution in [-0.4, -0.2) is 36.1 Å². The Hall–Kier alpha value is -0.360. The van der Waals surface area contributed by atoms with Crippen LogP contribution in [0.25, 0.3) is 0 Å². The van der Waals surface area contributed by atoms with Crippen molar-refractivity contribution in [3.8, 4) is 12.1 Å². The molecule has 15 heavy (non-hydrogen) atoms. The van der Waals surface area contributed by atoms with Crippen LogP contribution in [0.4, 0.5) is 0 Å². The van der Waals surface area contributed by atoms with Crippen LogP contribution in [0.1, 0.15) is 12.8 Å². The molecule has 2 atom stereocenters. The van der Waals surface area contributed by atoms with Gasteiger partial charge in [-0.1, -0.05) is 0 Å². The van der Waals surface area contributed by atoms with E-state index in [4.69, 9.17) is 10.5 Å². The topological polar surface area (TPSA) is 59.6 Å². The van der Waals surface area contributed by atoms with Gasteiger partial charge in [0.15, 0.2) is 0 Å². The average molecular weight is 243 g/mol. The lowest BCUT2D eigenvalue weighted by Gasteiger charge is -2.15. The average Bonchev–Trinajstić information content (AvgIpc) is 2.28. The molecule has 0 aliphatic carbocycles. The summed E-state index contributed by atoms with van der Waals surface area (Å²) in [6, 6.07) is 4.01. The molecule has 0 aliphatic rings. The highest BCUT2D eigenvalue weighted by atomic mass is 32.2. The second-order valence-electron chi connectivity index (χ2n) is 3.09. The Morgan fingerprint density at radius 3 is 1.67 bits per heavy atom. The summed E-state index contributed by atoms with van der Waals surface area (Å²) >= 11 is 3.44. The predicted octanol–water partition coefficient (Wildman–Crippen LogP) is 1.87. The van der Waals surface area contributed by atoms with E-state index in [1.807, 2.05) is 12.5 Å². The van der Waals surface area contributed by atoms with Gasteiger partial charge in [0.2, 0.25) is 0 Å². The first-order chi connectivity index (χ1) is 7.28. The first kappa shape index (κ1) is 14.6. The number of nitrogens with zero attached hydrogens (tertiary/aromatic N) is 2. The number of hydrogen-bond donors (Lipinski definition) is 1. The molecular formula is C10H17N3S2. The van der Waals surface area contributed by atoms with E-state index in [2.05, 4.69) is 17.5 Å². The summed E-state index contributed by atoms with van der Waals surface area (Å²) in [5, 5.41) is 20.8. The van der Waals surface area contributed by atoms with E-state index in [1.165, 1.54) is 0 Å². The molecule has 0 rings (SSSR count). The molecular weight excluding hydrogens is 226 g/mol. The fourth-order valence-electron chi connectivity index (χ4n) is 1.08. The SMILES string of the molecule is CSCCC(C#N)NC(C#N)CCSC. The maximum Gasteiger partial charge on any atom is 0.0970 e. The summed E-state index contributed by atoms with van der Waals surface area (Å²) < 4.78 is 0. The fraction of sp³-hybridized carbons (Fsp3) is 0.800. The lowest BCUT2D eigenvalue weighted by Crippen LogP contribution is -2.37. The third-order valence-corrected chi connectivity index (χ3v) is 3.22. The lowest BCUT2D eigenvalue weighted by molar-refractivity contribution is 0.526. The lowest BCUT2D eigenvalue weighted by atomic mass is 10.2. The Balaban J connectivity index is 3.91.